The third-order valence-corrected chi connectivity index (χ3v) is 5.54. The van der Waals surface area contributed by atoms with Crippen molar-refractivity contribution in [2.75, 3.05) is 43.1 Å². The maximum absolute atomic E-state index is 14.7. The lowest BCUT2D eigenvalue weighted by Crippen LogP contribution is -2.36. The van der Waals surface area contributed by atoms with Gasteiger partial charge >= 0.3 is 6.09 Å². The van der Waals surface area contributed by atoms with E-state index in [1.807, 2.05) is 24.4 Å². The van der Waals surface area contributed by atoms with Gasteiger partial charge in [-0.05, 0) is 42.8 Å². The maximum Gasteiger partial charge on any atom is 0.413 e. The second kappa shape index (κ2) is 9.44. The molecule has 174 valence electrons. The number of carbonyl (C=O) groups excluding carboxylic acids is 1. The van der Waals surface area contributed by atoms with Gasteiger partial charge in [0, 0.05) is 36.6 Å². The van der Waals surface area contributed by atoms with E-state index in [0.717, 1.165) is 29.9 Å². The zero-order valence-electron chi connectivity index (χ0n) is 18.5. The van der Waals surface area contributed by atoms with E-state index in [0.29, 0.717) is 29.8 Å². The summed E-state index contributed by atoms with van der Waals surface area (Å²) in [5.41, 5.74) is 4.42. The van der Waals surface area contributed by atoms with Crippen molar-refractivity contribution in [3.63, 3.8) is 0 Å². The third-order valence-electron chi connectivity index (χ3n) is 5.54. The number of fused-ring (bicyclic) bond motifs is 1. The van der Waals surface area contributed by atoms with Crippen molar-refractivity contribution in [1.82, 2.24) is 19.9 Å². The van der Waals surface area contributed by atoms with E-state index in [1.54, 1.807) is 13.1 Å². The number of aromatic nitrogens is 4. The van der Waals surface area contributed by atoms with Gasteiger partial charge in [-0.1, -0.05) is 0 Å². The van der Waals surface area contributed by atoms with Crippen LogP contribution in [0.25, 0.3) is 33.4 Å². The number of H-pyrrole nitrogens is 1. The molecule has 0 radical (unpaired) electrons. The Labute approximate surface area is 195 Å². The maximum atomic E-state index is 14.7. The minimum atomic E-state index is -0.630. The molecule has 1 aliphatic heterocycles. The predicted molar refractivity (Wildman–Crippen MR) is 126 cm³/mol. The summed E-state index contributed by atoms with van der Waals surface area (Å²) >= 11 is 0. The quantitative estimate of drug-likeness (QED) is 0.457. The molecule has 1 saturated heterocycles. The van der Waals surface area contributed by atoms with Crippen molar-refractivity contribution in [3.05, 3.63) is 54.7 Å². The molecule has 34 heavy (non-hydrogen) atoms. The van der Waals surface area contributed by atoms with Crippen LogP contribution in [0.2, 0.25) is 0 Å². The Hall–Kier alpha value is -4.05. The Bertz CT molecular complexity index is 1340. The molecular weight excluding hydrogens is 439 g/mol. The fourth-order valence-electron chi connectivity index (χ4n) is 3.95. The molecule has 0 saturated carbocycles. The van der Waals surface area contributed by atoms with Gasteiger partial charge in [0.1, 0.15) is 11.5 Å². The highest BCUT2D eigenvalue weighted by Gasteiger charge is 2.18. The smallest absolute Gasteiger partial charge is 0.413 e. The number of imidazole rings is 1. The second-order valence-corrected chi connectivity index (χ2v) is 7.71. The van der Waals surface area contributed by atoms with Crippen molar-refractivity contribution in [3.8, 4) is 22.4 Å². The van der Waals surface area contributed by atoms with Gasteiger partial charge in [0.2, 0.25) is 5.95 Å². The van der Waals surface area contributed by atoms with Crippen molar-refractivity contribution in [1.29, 1.82) is 0 Å². The number of benzene rings is 1. The molecule has 1 aromatic carbocycles. The van der Waals surface area contributed by atoms with E-state index in [1.165, 1.54) is 18.3 Å². The molecule has 4 aromatic rings. The highest BCUT2D eigenvalue weighted by Crippen LogP contribution is 2.35. The molecule has 0 unspecified atom stereocenters. The van der Waals surface area contributed by atoms with E-state index in [-0.39, 0.29) is 18.2 Å². The number of halogens is 1. The zero-order chi connectivity index (χ0) is 23.5. The molecule has 4 heterocycles. The predicted octanol–water partition coefficient (Wildman–Crippen LogP) is 4.23. The van der Waals surface area contributed by atoms with Crippen LogP contribution in [0.1, 0.15) is 6.92 Å². The number of morpholine rings is 1. The van der Waals surface area contributed by atoms with Gasteiger partial charge in [0.15, 0.2) is 0 Å². The number of hydrogen-bond donors (Lipinski definition) is 2. The Morgan fingerprint density at radius 3 is 2.88 bits per heavy atom. The van der Waals surface area contributed by atoms with Crippen molar-refractivity contribution >= 4 is 28.8 Å². The van der Waals surface area contributed by atoms with Crippen LogP contribution < -0.4 is 10.2 Å². The van der Waals surface area contributed by atoms with Crippen LogP contribution in [0, 0.1) is 5.82 Å². The minimum Gasteiger partial charge on any atom is -0.450 e. The number of carbonyl (C=O) groups is 1. The summed E-state index contributed by atoms with van der Waals surface area (Å²) in [7, 11) is 0. The summed E-state index contributed by atoms with van der Waals surface area (Å²) in [4.78, 5) is 30.3. The first-order chi connectivity index (χ1) is 16.6. The number of anilines is 2. The Morgan fingerprint density at radius 2 is 2.09 bits per heavy atom. The largest absolute Gasteiger partial charge is 0.450 e. The highest BCUT2D eigenvalue weighted by molar-refractivity contribution is 5.97. The summed E-state index contributed by atoms with van der Waals surface area (Å²) in [5.74, 6) is -0.265. The van der Waals surface area contributed by atoms with E-state index in [9.17, 15) is 9.18 Å². The molecule has 0 spiro atoms. The van der Waals surface area contributed by atoms with E-state index in [4.69, 9.17) is 9.47 Å². The van der Waals surface area contributed by atoms with Crippen molar-refractivity contribution < 1.29 is 18.7 Å². The van der Waals surface area contributed by atoms with Crippen LogP contribution in [0.5, 0.6) is 0 Å². The van der Waals surface area contributed by atoms with Gasteiger partial charge in [0.25, 0.3) is 0 Å². The number of amides is 1. The monoisotopic (exact) mass is 462 g/mol. The zero-order valence-corrected chi connectivity index (χ0v) is 18.5. The summed E-state index contributed by atoms with van der Waals surface area (Å²) < 4.78 is 25.1. The fourth-order valence-corrected chi connectivity index (χ4v) is 3.95. The van der Waals surface area contributed by atoms with Crippen LogP contribution >= 0.6 is 0 Å². The number of nitrogens with one attached hydrogen (secondary N) is 2. The summed E-state index contributed by atoms with van der Waals surface area (Å²) in [6.45, 7) is 4.86. The molecule has 1 amide bonds. The molecule has 2 N–H and O–H groups in total. The number of hydrogen-bond acceptors (Lipinski definition) is 7. The van der Waals surface area contributed by atoms with E-state index >= 15 is 0 Å². The van der Waals surface area contributed by atoms with Crippen molar-refractivity contribution in [2.45, 2.75) is 6.92 Å². The van der Waals surface area contributed by atoms with Crippen molar-refractivity contribution in [2.24, 2.45) is 0 Å². The third kappa shape index (κ3) is 4.40. The first-order valence-corrected chi connectivity index (χ1v) is 11.0. The van der Waals surface area contributed by atoms with Gasteiger partial charge in [-0.3, -0.25) is 15.3 Å². The number of aromatic amines is 1. The molecule has 0 bridgehead atoms. The average Bonchev–Trinajstić information content (AvgIpc) is 3.27. The standard InChI is InChI=1S/C24H23FN6O3/c1-2-34-24(32)30-23-28-20-12-15(11-18(22(20)29-23)21-19(25)4-3-5-27-21)16-10-17(14-26-13-16)31-6-8-33-9-7-31/h3-5,10-14H,2,6-9H2,1H3,(H2,28,29,30,32). The normalized spacial score (nSPS) is 13.8. The highest BCUT2D eigenvalue weighted by atomic mass is 19.1. The molecule has 1 aliphatic rings. The van der Waals surface area contributed by atoms with Crippen LogP contribution in [-0.2, 0) is 9.47 Å². The summed E-state index contributed by atoms with van der Waals surface area (Å²) in [6.07, 6.45) is 4.48. The Kier molecular flexibility index (Phi) is 6.05. The minimum absolute atomic E-state index is 0.179. The van der Waals surface area contributed by atoms with E-state index < -0.39 is 11.9 Å². The molecule has 5 rings (SSSR count). The lowest BCUT2D eigenvalue weighted by atomic mass is 10.0. The molecule has 3 aromatic heterocycles. The fraction of sp³-hybridized carbons (Fsp3) is 0.250. The lowest BCUT2D eigenvalue weighted by Gasteiger charge is -2.28. The SMILES string of the molecule is CCOC(=O)Nc1nc2cc(-c3cncc(N4CCOCC4)c3)cc(-c3ncccc3F)c2[nH]1. The van der Waals surface area contributed by atoms with Gasteiger partial charge in [-0.25, -0.2) is 14.2 Å². The molecule has 0 aliphatic carbocycles. The Morgan fingerprint density at radius 1 is 1.24 bits per heavy atom. The topological polar surface area (TPSA) is 105 Å². The van der Waals surface area contributed by atoms with Crippen LogP contribution in [-0.4, -0.2) is 58.9 Å². The second-order valence-electron chi connectivity index (χ2n) is 7.71. The van der Waals surface area contributed by atoms with E-state index in [2.05, 4.69) is 30.2 Å². The number of nitrogens with zero attached hydrogens (tertiary/aromatic N) is 4. The average molecular weight is 462 g/mol. The van der Waals surface area contributed by atoms with Crippen LogP contribution in [0.3, 0.4) is 0 Å². The molecular formula is C24H23FN6O3. The number of pyridine rings is 2. The van der Waals surface area contributed by atoms with Gasteiger partial charge in [-0.15, -0.1) is 0 Å². The summed E-state index contributed by atoms with van der Waals surface area (Å²) in [5, 5.41) is 2.56. The van der Waals surface area contributed by atoms with Crippen LogP contribution in [0.4, 0.5) is 20.8 Å². The van der Waals surface area contributed by atoms with Gasteiger partial charge in [0.05, 0.1) is 42.7 Å². The first-order valence-electron chi connectivity index (χ1n) is 11.0. The molecule has 10 heteroatoms. The summed E-state index contributed by atoms with van der Waals surface area (Å²) in [6, 6.07) is 8.65. The first kappa shape index (κ1) is 21.8. The molecule has 9 nitrogen and oxygen atoms in total. The Balaban J connectivity index is 1.61. The number of rotatable bonds is 5. The number of ether oxygens (including phenoxy) is 2. The lowest BCUT2D eigenvalue weighted by molar-refractivity contribution is 0.122. The molecule has 1 fully saturated rings. The van der Waals surface area contributed by atoms with Gasteiger partial charge < -0.3 is 19.4 Å². The van der Waals surface area contributed by atoms with Crippen LogP contribution in [0.15, 0.2) is 48.9 Å². The molecule has 0 atom stereocenters. The van der Waals surface area contributed by atoms with Gasteiger partial charge in [-0.2, -0.15) is 0 Å².